The quantitative estimate of drug-likeness (QED) is 0.909. The van der Waals surface area contributed by atoms with Crippen LogP contribution in [0, 0.1) is 6.92 Å². The van der Waals surface area contributed by atoms with Gasteiger partial charge in [0, 0.05) is 37.2 Å². The van der Waals surface area contributed by atoms with E-state index in [9.17, 15) is 18.0 Å². The van der Waals surface area contributed by atoms with Gasteiger partial charge in [-0.1, -0.05) is 0 Å². The van der Waals surface area contributed by atoms with Gasteiger partial charge in [-0.15, -0.1) is 0 Å². The molecule has 1 aliphatic rings. The zero-order valence-corrected chi connectivity index (χ0v) is 14.3. The van der Waals surface area contributed by atoms with Gasteiger partial charge < -0.3 is 10.2 Å². The molecule has 3 rings (SSSR count). The van der Waals surface area contributed by atoms with E-state index in [1.807, 2.05) is 11.8 Å². The number of hydrogen-bond donors (Lipinski definition) is 1. The number of anilines is 1. The molecule has 0 unspecified atom stereocenters. The number of aromatic nitrogens is 2. The van der Waals surface area contributed by atoms with Crippen LogP contribution in [0.1, 0.15) is 34.5 Å². The van der Waals surface area contributed by atoms with Crippen molar-refractivity contribution in [3.63, 3.8) is 0 Å². The molecule has 0 spiro atoms. The number of rotatable bonds is 3. The molecule has 5 nitrogen and oxygen atoms in total. The predicted molar refractivity (Wildman–Crippen MR) is 90.9 cm³/mol. The summed E-state index contributed by atoms with van der Waals surface area (Å²) < 4.78 is 37.9. The Morgan fingerprint density at radius 2 is 2.00 bits per heavy atom. The average molecular weight is 364 g/mol. The molecule has 1 N–H and O–H groups in total. The molecule has 3 heterocycles. The smallest absolute Gasteiger partial charge is 0.355 e. The van der Waals surface area contributed by atoms with Gasteiger partial charge in [0.25, 0.3) is 5.91 Å². The molecular weight excluding hydrogens is 345 g/mol. The second-order valence-electron chi connectivity index (χ2n) is 6.35. The van der Waals surface area contributed by atoms with Crippen LogP contribution in [-0.4, -0.2) is 35.0 Å². The van der Waals surface area contributed by atoms with Crippen LogP contribution in [0.5, 0.6) is 0 Å². The Labute approximate surface area is 149 Å². The van der Waals surface area contributed by atoms with Crippen LogP contribution in [0.3, 0.4) is 0 Å². The van der Waals surface area contributed by atoms with Gasteiger partial charge in [-0.3, -0.25) is 9.78 Å². The largest absolute Gasteiger partial charge is 0.417 e. The number of alkyl halides is 3. The lowest BCUT2D eigenvalue weighted by Crippen LogP contribution is -2.48. The highest BCUT2D eigenvalue weighted by atomic mass is 19.4. The minimum atomic E-state index is -4.40. The van der Waals surface area contributed by atoms with Crippen LogP contribution in [0.15, 0.2) is 36.7 Å². The second kappa shape index (κ2) is 7.31. The number of carbonyl (C=O) groups excluding carboxylic acids is 1. The highest BCUT2D eigenvalue weighted by Crippen LogP contribution is 2.29. The number of halogens is 3. The minimum absolute atomic E-state index is 0.0957. The van der Waals surface area contributed by atoms with Crippen LogP contribution in [0.25, 0.3) is 0 Å². The van der Waals surface area contributed by atoms with Gasteiger partial charge in [0.1, 0.15) is 5.82 Å². The maximum atomic E-state index is 12.6. The molecular formula is C18H19F3N4O. The van der Waals surface area contributed by atoms with Gasteiger partial charge in [-0.05, 0) is 44.0 Å². The fraction of sp³-hybridized carbons (Fsp3) is 0.389. The first-order valence-corrected chi connectivity index (χ1v) is 8.34. The van der Waals surface area contributed by atoms with E-state index >= 15 is 0 Å². The number of aryl methyl sites for hydroxylation is 1. The molecule has 1 atom stereocenters. The Balaban J connectivity index is 1.63. The van der Waals surface area contributed by atoms with E-state index in [-0.39, 0.29) is 11.9 Å². The normalized spacial score (nSPS) is 17.8. The molecule has 1 saturated heterocycles. The first-order valence-electron chi connectivity index (χ1n) is 8.34. The summed E-state index contributed by atoms with van der Waals surface area (Å²) in [4.78, 5) is 22.2. The van der Waals surface area contributed by atoms with Crippen molar-refractivity contribution in [3.8, 4) is 0 Å². The topological polar surface area (TPSA) is 58.1 Å². The van der Waals surface area contributed by atoms with Crippen molar-refractivity contribution >= 4 is 11.7 Å². The van der Waals surface area contributed by atoms with E-state index in [0.29, 0.717) is 24.5 Å². The van der Waals surface area contributed by atoms with Crippen LogP contribution in [-0.2, 0) is 6.18 Å². The fourth-order valence-corrected chi connectivity index (χ4v) is 2.91. The summed E-state index contributed by atoms with van der Waals surface area (Å²) in [6.45, 7) is 3.04. The number of nitrogens with one attached hydrogen (secondary N) is 1. The van der Waals surface area contributed by atoms with Crippen LogP contribution in [0.2, 0.25) is 0 Å². The Hall–Kier alpha value is -2.64. The van der Waals surface area contributed by atoms with Crippen molar-refractivity contribution in [1.82, 2.24) is 15.3 Å². The summed E-state index contributed by atoms with van der Waals surface area (Å²) in [6.07, 6.45) is -0.397. The highest BCUT2D eigenvalue weighted by molar-refractivity contribution is 5.94. The van der Waals surface area contributed by atoms with Crippen molar-refractivity contribution < 1.29 is 18.0 Å². The molecule has 1 amide bonds. The van der Waals surface area contributed by atoms with Crippen LogP contribution in [0.4, 0.5) is 19.0 Å². The van der Waals surface area contributed by atoms with Gasteiger partial charge >= 0.3 is 6.18 Å². The highest BCUT2D eigenvalue weighted by Gasteiger charge is 2.31. The number of hydrogen-bond acceptors (Lipinski definition) is 4. The number of pyridine rings is 2. The minimum Gasteiger partial charge on any atom is -0.355 e. The summed E-state index contributed by atoms with van der Waals surface area (Å²) >= 11 is 0. The monoisotopic (exact) mass is 364 g/mol. The van der Waals surface area contributed by atoms with Crippen molar-refractivity contribution in [2.75, 3.05) is 18.0 Å². The summed E-state index contributed by atoms with van der Waals surface area (Å²) in [5, 5.41) is 2.96. The predicted octanol–water partition coefficient (Wildman–Crippen LogP) is 3.20. The van der Waals surface area contributed by atoms with Crippen molar-refractivity contribution in [1.29, 1.82) is 0 Å². The van der Waals surface area contributed by atoms with Crippen molar-refractivity contribution in [2.45, 2.75) is 32.0 Å². The van der Waals surface area contributed by atoms with E-state index in [2.05, 4.69) is 15.3 Å². The number of amides is 1. The summed E-state index contributed by atoms with van der Waals surface area (Å²) in [5.74, 6) is 0.277. The molecule has 0 radical (unpaired) electrons. The molecule has 0 bridgehead atoms. The summed E-state index contributed by atoms with van der Waals surface area (Å²) in [6, 6.07) is 5.80. The molecule has 1 aliphatic heterocycles. The van der Waals surface area contributed by atoms with E-state index in [1.54, 1.807) is 12.1 Å². The van der Waals surface area contributed by atoms with Gasteiger partial charge in [-0.25, -0.2) is 4.98 Å². The molecule has 0 aromatic carbocycles. The van der Waals surface area contributed by atoms with Crippen LogP contribution < -0.4 is 10.2 Å². The lowest BCUT2D eigenvalue weighted by atomic mass is 10.0. The lowest BCUT2D eigenvalue weighted by molar-refractivity contribution is -0.137. The van der Waals surface area contributed by atoms with E-state index in [4.69, 9.17) is 0 Å². The maximum absolute atomic E-state index is 12.6. The van der Waals surface area contributed by atoms with E-state index in [0.717, 1.165) is 30.8 Å². The standard InChI is InChI=1S/C18H19F3N4O/c1-12-4-5-13(9-22-12)17(26)24-15-3-2-8-25(11-15)16-7-6-14(10-23-16)18(19,20)21/h4-7,9-10,15H,2-3,8,11H2,1H3,(H,24,26)/t15-/m0/s1. The fourth-order valence-electron chi connectivity index (χ4n) is 2.91. The number of carbonyl (C=O) groups is 1. The third kappa shape index (κ3) is 4.30. The zero-order chi connectivity index (χ0) is 18.7. The molecule has 1 fully saturated rings. The number of nitrogens with zero attached hydrogens (tertiary/aromatic N) is 3. The molecule has 26 heavy (non-hydrogen) atoms. The first-order chi connectivity index (χ1) is 12.3. The Kier molecular flexibility index (Phi) is 5.11. The van der Waals surface area contributed by atoms with Crippen molar-refractivity contribution in [2.24, 2.45) is 0 Å². The second-order valence-corrected chi connectivity index (χ2v) is 6.35. The number of piperidine rings is 1. The molecule has 2 aromatic heterocycles. The third-order valence-corrected chi connectivity index (χ3v) is 4.33. The van der Waals surface area contributed by atoms with E-state index < -0.39 is 11.7 Å². The summed E-state index contributed by atoms with van der Waals surface area (Å²) in [7, 11) is 0. The SMILES string of the molecule is Cc1ccc(C(=O)N[C@H]2CCCN(c3ccc(C(F)(F)F)cn3)C2)cn1. The lowest BCUT2D eigenvalue weighted by Gasteiger charge is -2.34. The van der Waals surface area contributed by atoms with Gasteiger partial charge in [-0.2, -0.15) is 13.2 Å². The molecule has 2 aromatic rings. The van der Waals surface area contributed by atoms with Gasteiger partial charge in [0.2, 0.25) is 0 Å². The average Bonchev–Trinajstić information content (AvgIpc) is 2.62. The summed E-state index contributed by atoms with van der Waals surface area (Å²) in [5.41, 5.74) is 0.550. The molecule has 138 valence electrons. The Morgan fingerprint density at radius 3 is 2.62 bits per heavy atom. The maximum Gasteiger partial charge on any atom is 0.417 e. The zero-order valence-electron chi connectivity index (χ0n) is 14.3. The van der Waals surface area contributed by atoms with Crippen molar-refractivity contribution in [3.05, 3.63) is 53.5 Å². The van der Waals surface area contributed by atoms with Crippen LogP contribution >= 0.6 is 0 Å². The molecule has 8 heteroatoms. The van der Waals surface area contributed by atoms with Gasteiger partial charge in [0.05, 0.1) is 11.1 Å². The Morgan fingerprint density at radius 1 is 1.19 bits per heavy atom. The van der Waals surface area contributed by atoms with E-state index in [1.165, 1.54) is 12.3 Å². The van der Waals surface area contributed by atoms with Gasteiger partial charge in [0.15, 0.2) is 0 Å². The third-order valence-electron chi connectivity index (χ3n) is 4.33. The molecule has 0 saturated carbocycles. The molecule has 0 aliphatic carbocycles. The Bertz CT molecular complexity index is 760. The first kappa shape index (κ1) is 18.2.